The summed E-state index contributed by atoms with van der Waals surface area (Å²) in [5.41, 5.74) is 0.365. The zero-order chi connectivity index (χ0) is 21.4. The molecule has 0 aliphatic carbocycles. The molecule has 0 radical (unpaired) electrons. The van der Waals surface area contributed by atoms with Crippen LogP contribution in [0.25, 0.3) is 6.08 Å². The number of amides is 1. The van der Waals surface area contributed by atoms with Crippen molar-refractivity contribution in [3.63, 3.8) is 0 Å². The highest BCUT2D eigenvalue weighted by molar-refractivity contribution is 9.10. The van der Waals surface area contributed by atoms with Crippen molar-refractivity contribution in [2.75, 3.05) is 18.5 Å². The Morgan fingerprint density at radius 3 is 2.55 bits per heavy atom. The summed E-state index contributed by atoms with van der Waals surface area (Å²) in [4.78, 5) is 22.8. The summed E-state index contributed by atoms with van der Waals surface area (Å²) in [6.45, 7) is 4.52. The Morgan fingerprint density at radius 1 is 1.24 bits per heavy atom. The third-order valence-corrected chi connectivity index (χ3v) is 4.26. The molecule has 0 atom stereocenters. The minimum absolute atomic E-state index is 0.167. The summed E-state index contributed by atoms with van der Waals surface area (Å²) in [6.07, 6.45) is 1.39. The quantitative estimate of drug-likeness (QED) is 0.264. The molecule has 0 fully saturated rings. The van der Waals surface area contributed by atoms with Gasteiger partial charge in [-0.1, -0.05) is 6.07 Å². The molecule has 0 saturated heterocycles. The van der Waals surface area contributed by atoms with E-state index in [1.807, 2.05) is 19.9 Å². The van der Waals surface area contributed by atoms with Crippen LogP contribution in [0.1, 0.15) is 19.4 Å². The van der Waals surface area contributed by atoms with E-state index in [0.29, 0.717) is 34.7 Å². The molecule has 29 heavy (non-hydrogen) atoms. The van der Waals surface area contributed by atoms with Crippen molar-refractivity contribution >= 4 is 39.3 Å². The van der Waals surface area contributed by atoms with Gasteiger partial charge in [0.25, 0.3) is 11.6 Å². The van der Waals surface area contributed by atoms with E-state index in [0.717, 1.165) is 0 Å². The number of hydrogen-bond donors (Lipinski definition) is 1. The molecule has 0 aromatic heterocycles. The molecule has 0 bridgehead atoms. The molecule has 2 aromatic rings. The first kappa shape index (κ1) is 21.9. The molecule has 150 valence electrons. The van der Waals surface area contributed by atoms with Gasteiger partial charge in [-0.15, -0.1) is 0 Å². The molecule has 2 rings (SSSR count). The van der Waals surface area contributed by atoms with Gasteiger partial charge < -0.3 is 14.8 Å². The summed E-state index contributed by atoms with van der Waals surface area (Å²) in [6, 6.07) is 10.7. The first-order valence-electron chi connectivity index (χ1n) is 8.66. The molecule has 0 heterocycles. The number of halogens is 1. The molecule has 0 spiro atoms. The maximum absolute atomic E-state index is 12.5. The second kappa shape index (κ2) is 10.2. The number of hydrogen-bond acceptors (Lipinski definition) is 6. The van der Waals surface area contributed by atoms with Crippen molar-refractivity contribution in [2.24, 2.45) is 0 Å². The van der Waals surface area contributed by atoms with Crippen molar-refractivity contribution < 1.29 is 19.2 Å². The molecule has 8 nitrogen and oxygen atoms in total. The van der Waals surface area contributed by atoms with Gasteiger partial charge in [0.2, 0.25) is 0 Å². The summed E-state index contributed by atoms with van der Waals surface area (Å²) in [7, 11) is 0. The van der Waals surface area contributed by atoms with Crippen LogP contribution in [0.5, 0.6) is 11.5 Å². The molecular formula is C20H18BrN3O5. The van der Waals surface area contributed by atoms with E-state index in [1.54, 1.807) is 12.1 Å². The normalized spacial score (nSPS) is 10.8. The third-order valence-electron chi connectivity index (χ3n) is 3.64. The van der Waals surface area contributed by atoms with Crippen LogP contribution in [-0.4, -0.2) is 24.0 Å². The first-order valence-corrected chi connectivity index (χ1v) is 9.45. The number of carbonyl (C=O) groups excluding carboxylic acids is 1. The average Bonchev–Trinajstić information content (AvgIpc) is 2.69. The maximum Gasteiger partial charge on any atom is 0.271 e. The van der Waals surface area contributed by atoms with Crippen molar-refractivity contribution in [3.8, 4) is 17.6 Å². The van der Waals surface area contributed by atoms with Crippen molar-refractivity contribution in [1.29, 1.82) is 5.26 Å². The van der Waals surface area contributed by atoms with E-state index in [9.17, 15) is 20.2 Å². The molecule has 1 amide bonds. The number of rotatable bonds is 8. The Morgan fingerprint density at radius 2 is 1.93 bits per heavy atom. The van der Waals surface area contributed by atoms with Gasteiger partial charge in [-0.3, -0.25) is 14.9 Å². The van der Waals surface area contributed by atoms with Gasteiger partial charge in [-0.2, -0.15) is 5.26 Å². The fourth-order valence-electron chi connectivity index (χ4n) is 2.41. The third kappa shape index (κ3) is 5.80. The number of nitro benzene ring substituents is 1. The second-order valence-electron chi connectivity index (χ2n) is 5.62. The van der Waals surface area contributed by atoms with Crippen molar-refractivity contribution in [2.45, 2.75) is 13.8 Å². The van der Waals surface area contributed by atoms with Crippen LogP contribution in [0, 0.1) is 21.4 Å². The van der Waals surface area contributed by atoms with Crippen LogP contribution in [0.4, 0.5) is 11.4 Å². The Labute approximate surface area is 176 Å². The molecule has 0 unspecified atom stereocenters. The Hall–Kier alpha value is -3.38. The second-order valence-corrected chi connectivity index (χ2v) is 6.47. The topological polar surface area (TPSA) is 114 Å². The predicted octanol–water partition coefficient (Wildman–Crippen LogP) is 4.70. The summed E-state index contributed by atoms with van der Waals surface area (Å²) >= 11 is 3.40. The van der Waals surface area contributed by atoms with Crippen molar-refractivity contribution in [1.82, 2.24) is 0 Å². The SMILES string of the molecule is CCOc1cc(OCC)c(/C=C(\C#N)C(=O)Nc2cccc([N+](=O)[O-])c2)cc1Br. The van der Waals surface area contributed by atoms with E-state index in [1.165, 1.54) is 30.3 Å². The van der Waals surface area contributed by atoms with Crippen LogP contribution in [0.3, 0.4) is 0 Å². The number of nitrogens with one attached hydrogen (secondary N) is 1. The van der Waals surface area contributed by atoms with Gasteiger partial charge in [-0.05, 0) is 48.0 Å². The lowest BCUT2D eigenvalue weighted by atomic mass is 10.1. The van der Waals surface area contributed by atoms with Crippen molar-refractivity contribution in [3.05, 3.63) is 62.1 Å². The van der Waals surface area contributed by atoms with Crippen LogP contribution in [0.2, 0.25) is 0 Å². The van der Waals surface area contributed by atoms with Gasteiger partial charge in [-0.25, -0.2) is 0 Å². The highest BCUT2D eigenvalue weighted by atomic mass is 79.9. The van der Waals surface area contributed by atoms with Gasteiger partial charge in [0.1, 0.15) is 23.1 Å². The lowest BCUT2D eigenvalue weighted by Crippen LogP contribution is -2.13. The highest BCUT2D eigenvalue weighted by Crippen LogP contribution is 2.34. The Bertz CT molecular complexity index is 998. The molecule has 9 heteroatoms. The fourth-order valence-corrected chi connectivity index (χ4v) is 2.88. The molecule has 0 aliphatic heterocycles. The van der Waals surface area contributed by atoms with Gasteiger partial charge in [0.05, 0.1) is 22.6 Å². The average molecular weight is 460 g/mol. The number of anilines is 1. The van der Waals surface area contributed by atoms with Gasteiger partial charge in [0, 0.05) is 29.4 Å². The predicted molar refractivity (Wildman–Crippen MR) is 112 cm³/mol. The van der Waals surface area contributed by atoms with Gasteiger partial charge >= 0.3 is 0 Å². The summed E-state index contributed by atoms with van der Waals surface area (Å²) in [5, 5.41) is 22.8. The standard InChI is InChI=1S/C20H18BrN3O5/c1-3-28-18-11-19(29-4-2)17(21)9-13(18)8-14(12-22)20(25)23-15-6-5-7-16(10-15)24(26)27/h5-11H,3-4H2,1-2H3,(H,23,25)/b14-8+. The number of nitro groups is 1. The Kier molecular flexibility index (Phi) is 7.74. The molecule has 1 N–H and O–H groups in total. The lowest BCUT2D eigenvalue weighted by Gasteiger charge is -2.13. The minimum atomic E-state index is -0.694. The smallest absolute Gasteiger partial charge is 0.271 e. The number of nitrogens with zero attached hydrogens (tertiary/aromatic N) is 2. The Balaban J connectivity index is 2.36. The number of benzene rings is 2. The molecular weight excluding hydrogens is 442 g/mol. The minimum Gasteiger partial charge on any atom is -0.493 e. The number of nitriles is 1. The van der Waals surface area contributed by atoms with Crippen LogP contribution in [-0.2, 0) is 4.79 Å². The number of carbonyl (C=O) groups is 1. The molecule has 0 saturated carbocycles. The zero-order valence-corrected chi connectivity index (χ0v) is 17.4. The zero-order valence-electron chi connectivity index (χ0n) is 15.8. The van der Waals surface area contributed by atoms with Crippen LogP contribution in [0.15, 0.2) is 46.4 Å². The fraction of sp³-hybridized carbons (Fsp3) is 0.200. The van der Waals surface area contributed by atoms with E-state index in [2.05, 4.69) is 21.2 Å². The molecule has 0 aliphatic rings. The van der Waals surface area contributed by atoms with E-state index < -0.39 is 10.8 Å². The van der Waals surface area contributed by atoms with Gasteiger partial charge in [0.15, 0.2) is 0 Å². The monoisotopic (exact) mass is 459 g/mol. The number of ether oxygens (including phenoxy) is 2. The van der Waals surface area contributed by atoms with E-state index >= 15 is 0 Å². The van der Waals surface area contributed by atoms with Crippen LogP contribution < -0.4 is 14.8 Å². The lowest BCUT2D eigenvalue weighted by molar-refractivity contribution is -0.384. The van der Waals surface area contributed by atoms with E-state index in [-0.39, 0.29) is 16.9 Å². The largest absolute Gasteiger partial charge is 0.493 e. The maximum atomic E-state index is 12.5. The highest BCUT2D eigenvalue weighted by Gasteiger charge is 2.15. The van der Waals surface area contributed by atoms with Crippen LogP contribution >= 0.6 is 15.9 Å². The summed E-state index contributed by atoms with van der Waals surface area (Å²) in [5.74, 6) is 0.336. The first-order chi connectivity index (χ1) is 13.9. The van der Waals surface area contributed by atoms with E-state index in [4.69, 9.17) is 9.47 Å². The number of non-ortho nitro benzene ring substituents is 1. The molecule has 2 aromatic carbocycles. The summed E-state index contributed by atoms with van der Waals surface area (Å²) < 4.78 is 11.8.